The van der Waals surface area contributed by atoms with Crippen LogP contribution in [0.15, 0.2) is 119 Å². The molecule has 3 fully saturated rings. The lowest BCUT2D eigenvalue weighted by atomic mass is 9.72. The van der Waals surface area contributed by atoms with Crippen molar-refractivity contribution in [3.8, 4) is 16.3 Å². The van der Waals surface area contributed by atoms with Crippen LogP contribution in [0.1, 0.15) is 126 Å². The number of aromatic amines is 1. The van der Waals surface area contributed by atoms with E-state index in [1.54, 1.807) is 34.0 Å². The molecule has 5 amide bonds. The zero-order valence-corrected chi connectivity index (χ0v) is 64.2. The highest BCUT2D eigenvalue weighted by molar-refractivity contribution is 7.90. The second kappa shape index (κ2) is 33.6. The average molecular weight is 1520 g/mol. The van der Waals surface area contributed by atoms with Crippen LogP contribution in [0.5, 0.6) is 5.88 Å². The summed E-state index contributed by atoms with van der Waals surface area (Å²) >= 11 is 7.87. The van der Waals surface area contributed by atoms with Crippen LogP contribution in [0.2, 0.25) is 5.02 Å². The van der Waals surface area contributed by atoms with E-state index in [1.807, 2.05) is 100 Å². The van der Waals surface area contributed by atoms with Gasteiger partial charge in [-0.3, -0.25) is 43.9 Å². The number of aryl methyl sites for hydroxylation is 1. The number of pyridine rings is 1. The van der Waals surface area contributed by atoms with Crippen LogP contribution >= 0.6 is 22.9 Å². The standard InChI is InChI=1S/C78H97ClN14O12S2/c1-50(52-10-12-54(13-11-52)70-51(2)82-49-106-70)83-74(98)66-44-59(94)48-92(66)76(99)71(77(3,4)5)84-68(95)24-40-104-41-25-69(96)90-37-31-87(32-38-90)29-8-27-80-63-21-19-60(45-65(63)93(100)101)107(102,103)86-73(97)61-20-18-58(43-64(61)91-30-9-39-105-75-67(91)42-55-23-28-81-72(55)85-75)89-35-33-88(34-36-89)47-56-22-26-78(6,7)46-62(56)53-14-16-57(79)17-15-53/h10-21,23,28,42-43,45,49-50,59,66,71,80,94H,8-9,22,24-27,29-41,44,46-48H2,1-7H3,(H,81,85)(H,83,98)(H,84,95)(H,86,97)/t50-,59+,66-,71+/m0/s1. The van der Waals surface area contributed by atoms with Gasteiger partial charge in [-0.05, 0) is 140 Å². The number of halogens is 1. The van der Waals surface area contributed by atoms with Crippen molar-refractivity contribution in [3.05, 3.63) is 152 Å². The molecule has 0 radical (unpaired) electrons. The van der Waals surface area contributed by atoms with Gasteiger partial charge in [0.1, 0.15) is 29.1 Å². The highest BCUT2D eigenvalue weighted by Gasteiger charge is 2.45. The predicted molar refractivity (Wildman–Crippen MR) is 415 cm³/mol. The summed E-state index contributed by atoms with van der Waals surface area (Å²) in [6, 6.07) is 26.4. The number of aliphatic hydroxyl groups is 1. The Morgan fingerprint density at radius 1 is 0.879 bits per heavy atom. The van der Waals surface area contributed by atoms with Crippen molar-refractivity contribution in [2.45, 2.75) is 129 Å². The molecule has 107 heavy (non-hydrogen) atoms. The summed E-state index contributed by atoms with van der Waals surface area (Å²) < 4.78 is 42.7. The van der Waals surface area contributed by atoms with Gasteiger partial charge in [0.05, 0.1) is 75.5 Å². The molecule has 4 aromatic carbocycles. The molecule has 4 atom stereocenters. The van der Waals surface area contributed by atoms with Gasteiger partial charge < -0.3 is 55.1 Å². The molecule has 570 valence electrons. The van der Waals surface area contributed by atoms with Gasteiger partial charge in [-0.1, -0.05) is 88.2 Å². The zero-order valence-electron chi connectivity index (χ0n) is 61.8. The highest BCUT2D eigenvalue weighted by atomic mass is 35.5. The number of rotatable bonds is 26. The van der Waals surface area contributed by atoms with Gasteiger partial charge in [0.25, 0.3) is 21.6 Å². The third-order valence-corrected chi connectivity index (χ3v) is 23.5. The molecule has 3 saturated heterocycles. The number of β-amino-alcohol motifs (C(OH)–C–C–N with tert-alkyl or cyclic N) is 1. The number of nitrogens with zero attached hydrogens (tertiary/aromatic N) is 9. The number of anilines is 4. The van der Waals surface area contributed by atoms with Crippen molar-refractivity contribution in [1.29, 1.82) is 0 Å². The molecule has 0 bridgehead atoms. The summed E-state index contributed by atoms with van der Waals surface area (Å²) in [7, 11) is -4.69. The summed E-state index contributed by atoms with van der Waals surface area (Å²) in [5.74, 6) is -1.99. The van der Waals surface area contributed by atoms with Crippen LogP contribution < -0.4 is 35.2 Å². The number of H-pyrrole nitrogens is 1. The van der Waals surface area contributed by atoms with Crippen LogP contribution in [0.3, 0.4) is 0 Å². The quantitative estimate of drug-likeness (QED) is 0.0167. The Hall–Kier alpha value is -9.03. The van der Waals surface area contributed by atoms with Crippen molar-refractivity contribution in [2.75, 3.05) is 120 Å². The number of hydrogen-bond acceptors (Lipinski definition) is 20. The number of amides is 5. The second-order valence-corrected chi connectivity index (χ2v) is 33.3. The number of carbonyl (C=O) groups excluding carboxylic acids is 5. The lowest BCUT2D eigenvalue weighted by molar-refractivity contribution is -0.384. The van der Waals surface area contributed by atoms with Gasteiger partial charge in [0.15, 0.2) is 0 Å². The number of ether oxygens (including phenoxy) is 2. The van der Waals surface area contributed by atoms with Gasteiger partial charge in [0.2, 0.25) is 29.5 Å². The summed E-state index contributed by atoms with van der Waals surface area (Å²) in [6.07, 6.45) is 5.18. The van der Waals surface area contributed by atoms with Gasteiger partial charge in [0, 0.05) is 120 Å². The van der Waals surface area contributed by atoms with E-state index in [2.05, 4.69) is 71.3 Å². The number of piperazine rings is 2. The number of thiazole rings is 1. The highest BCUT2D eigenvalue weighted by Crippen LogP contribution is 2.45. The topological polar surface area (TPSA) is 310 Å². The molecule has 6 N–H and O–H groups in total. The fourth-order valence-corrected chi connectivity index (χ4v) is 16.8. The number of aliphatic hydroxyl groups excluding tert-OH is 1. The third kappa shape index (κ3) is 18.9. The minimum absolute atomic E-state index is 0.000434. The number of hydrogen-bond donors (Lipinski definition) is 6. The lowest BCUT2D eigenvalue weighted by Gasteiger charge is -2.39. The molecule has 7 aromatic rings. The van der Waals surface area contributed by atoms with E-state index in [9.17, 15) is 47.6 Å². The molecule has 0 saturated carbocycles. The average Bonchev–Trinajstić information content (AvgIpc) is 1.77. The minimum Gasteiger partial charge on any atom is -0.476 e. The number of allylic oxidation sites excluding steroid dienone is 1. The van der Waals surface area contributed by atoms with Crippen LogP contribution in [-0.2, 0) is 33.9 Å². The van der Waals surface area contributed by atoms with Crippen molar-refractivity contribution in [3.63, 3.8) is 0 Å². The Morgan fingerprint density at radius 2 is 1.61 bits per heavy atom. The minimum atomic E-state index is -4.69. The van der Waals surface area contributed by atoms with Gasteiger partial charge in [-0.25, -0.2) is 18.1 Å². The summed E-state index contributed by atoms with van der Waals surface area (Å²) in [5, 5.41) is 33.9. The van der Waals surface area contributed by atoms with Crippen molar-refractivity contribution in [1.82, 2.24) is 49.9 Å². The largest absolute Gasteiger partial charge is 0.476 e. The molecular formula is C78H97ClN14O12S2. The maximum absolute atomic E-state index is 14.7. The monoisotopic (exact) mass is 1520 g/mol. The van der Waals surface area contributed by atoms with Gasteiger partial charge >= 0.3 is 0 Å². The van der Waals surface area contributed by atoms with E-state index in [4.69, 9.17) is 26.1 Å². The number of aromatic nitrogens is 3. The smallest absolute Gasteiger partial charge is 0.293 e. The Bertz CT molecular complexity index is 4550. The lowest BCUT2D eigenvalue weighted by Crippen LogP contribution is -2.58. The Balaban J connectivity index is 0.598. The van der Waals surface area contributed by atoms with E-state index >= 15 is 0 Å². The predicted octanol–water partition coefficient (Wildman–Crippen LogP) is 10.5. The van der Waals surface area contributed by atoms with Gasteiger partial charge in [-0.15, -0.1) is 11.3 Å². The fourth-order valence-electron chi connectivity index (χ4n) is 14.8. The van der Waals surface area contributed by atoms with E-state index < -0.39 is 72.8 Å². The third-order valence-electron chi connectivity index (χ3n) is 21.0. The molecule has 7 heterocycles. The summed E-state index contributed by atoms with van der Waals surface area (Å²) in [6.45, 7) is 21.6. The van der Waals surface area contributed by atoms with E-state index in [0.29, 0.717) is 106 Å². The summed E-state index contributed by atoms with van der Waals surface area (Å²) in [4.78, 5) is 106. The maximum Gasteiger partial charge on any atom is 0.293 e. The normalized spacial score (nSPS) is 18.7. The number of nitro groups is 1. The molecule has 29 heteroatoms. The number of carbonyl (C=O) groups is 5. The van der Waals surface area contributed by atoms with Crippen molar-refractivity contribution in [2.24, 2.45) is 10.8 Å². The van der Waals surface area contributed by atoms with E-state index in [0.717, 1.165) is 77.7 Å². The van der Waals surface area contributed by atoms with E-state index in [-0.39, 0.29) is 67.6 Å². The van der Waals surface area contributed by atoms with E-state index in [1.165, 1.54) is 33.7 Å². The molecule has 3 aromatic heterocycles. The van der Waals surface area contributed by atoms with Crippen LogP contribution in [0.4, 0.5) is 28.4 Å². The first-order chi connectivity index (χ1) is 51.1. The number of sulfonamides is 1. The molecule has 4 aliphatic heterocycles. The SMILES string of the molecule is Cc1ncsc1-c1ccc([C@H](C)NC(=O)[C@@H]2C[C@@H](O)CN2C(=O)[C@@H](NC(=O)CCOCCC(=O)N2CCN(CCCNc3ccc(S(=O)(=O)NC(=O)c4ccc(N5CCN(CC6=C(c7ccc(Cl)cc7)CC(C)(C)CC6)CC5)cc4N4CCCOc5nc6[nH]ccc6cc54)cc3[N+](=O)[O-])CC2)C(C)(C)C)cc1. The molecule has 0 spiro atoms. The molecule has 5 aliphatic rings. The number of benzene rings is 4. The van der Waals surface area contributed by atoms with Crippen molar-refractivity contribution < 1.29 is 51.9 Å². The van der Waals surface area contributed by atoms with Crippen molar-refractivity contribution >= 4 is 108 Å². The molecular weight excluding hydrogens is 1420 g/mol. The molecule has 26 nitrogen and oxygen atoms in total. The van der Waals surface area contributed by atoms with Crippen LogP contribution in [0, 0.1) is 27.9 Å². The Morgan fingerprint density at radius 3 is 2.33 bits per heavy atom. The number of nitrogens with one attached hydrogen (secondary N) is 5. The zero-order chi connectivity index (χ0) is 75.9. The number of fused-ring (bicyclic) bond motifs is 2. The molecule has 1 aliphatic carbocycles. The Labute approximate surface area is 633 Å². The molecule has 12 rings (SSSR count). The summed E-state index contributed by atoms with van der Waals surface area (Å²) in [5.41, 5.74) is 10.4. The number of nitro benzene ring substituents is 1. The van der Waals surface area contributed by atoms with Crippen LogP contribution in [-0.4, -0.2) is 206 Å². The Kier molecular flexibility index (Phi) is 24.4. The first kappa shape index (κ1) is 77.6. The maximum atomic E-state index is 14.7. The molecule has 0 unspecified atom stereocenters. The second-order valence-electron chi connectivity index (χ2n) is 30.3. The first-order valence-corrected chi connectivity index (χ1v) is 39.6. The van der Waals surface area contributed by atoms with Gasteiger partial charge in [-0.2, -0.15) is 4.98 Å². The van der Waals surface area contributed by atoms with Crippen LogP contribution in [0.25, 0.3) is 27.0 Å². The fraction of sp³-hybridized carbons (Fsp3) is 0.474. The first-order valence-electron chi connectivity index (χ1n) is 36.9. The number of likely N-dealkylation sites (tertiary alicyclic amines) is 1.